The minimum absolute atomic E-state index is 0.0938. The monoisotopic (exact) mass is 312 g/mol. The lowest BCUT2D eigenvalue weighted by Crippen LogP contribution is -2.16. The highest BCUT2D eigenvalue weighted by Crippen LogP contribution is 2.23. The number of aromatic amines is 1. The Bertz CT molecular complexity index is 812. The quantitative estimate of drug-likeness (QED) is 0.806. The smallest absolute Gasteiger partial charge is 0.354 e. The number of hydrogen-bond donors (Lipinski definition) is 3. The number of nitrogens with one attached hydrogen (secondary N) is 2. The average Bonchev–Trinajstić information content (AvgIpc) is 2.72. The largest absolute Gasteiger partial charge is 0.477 e. The molecule has 0 aliphatic rings. The number of H-pyrrole nitrogens is 1. The molecule has 6 nitrogen and oxygen atoms in total. The number of hydrogen-bond acceptors (Lipinski definition) is 3. The number of carboxylic acid groups (broad SMARTS) is 1. The number of aromatic nitrogens is 1. The van der Waals surface area contributed by atoms with Crippen LogP contribution in [0.25, 0.3) is 0 Å². The van der Waals surface area contributed by atoms with E-state index in [1.165, 1.54) is 19.1 Å². The maximum absolute atomic E-state index is 13.2. The number of aryl methyl sites for hydroxylation is 2. The molecule has 1 aromatic carbocycles. The number of anilines is 1. The third-order valence-electron chi connectivity index (χ3n) is 2.85. The van der Waals surface area contributed by atoms with E-state index in [0.29, 0.717) is 11.3 Å². The molecule has 0 bridgehead atoms. The molecule has 0 radical (unpaired) electrons. The van der Waals surface area contributed by atoms with Crippen LogP contribution in [0, 0.1) is 19.7 Å². The second-order valence-corrected chi connectivity index (χ2v) is 6.21. The van der Waals surface area contributed by atoms with E-state index in [-0.39, 0.29) is 16.3 Å². The zero-order chi connectivity index (χ0) is 15.8. The Morgan fingerprint density at radius 2 is 1.95 bits per heavy atom. The summed E-state index contributed by atoms with van der Waals surface area (Å²) < 4.78 is 40.0. The molecule has 0 spiro atoms. The van der Waals surface area contributed by atoms with Crippen molar-refractivity contribution in [3.63, 3.8) is 0 Å². The summed E-state index contributed by atoms with van der Waals surface area (Å²) in [7, 11) is -4.08. The first-order valence-corrected chi connectivity index (χ1v) is 7.41. The van der Waals surface area contributed by atoms with Crippen LogP contribution in [-0.2, 0) is 10.0 Å². The Balaban J connectivity index is 2.47. The van der Waals surface area contributed by atoms with Gasteiger partial charge in [0.1, 0.15) is 11.5 Å². The van der Waals surface area contributed by atoms with E-state index in [4.69, 9.17) is 5.11 Å². The van der Waals surface area contributed by atoms with Gasteiger partial charge in [-0.05, 0) is 37.6 Å². The van der Waals surface area contributed by atoms with Gasteiger partial charge in [-0.2, -0.15) is 0 Å². The molecule has 1 aromatic heterocycles. The average molecular weight is 312 g/mol. The van der Waals surface area contributed by atoms with Crippen molar-refractivity contribution in [1.82, 2.24) is 4.98 Å². The summed E-state index contributed by atoms with van der Waals surface area (Å²) in [4.78, 5) is 13.4. The van der Waals surface area contributed by atoms with Gasteiger partial charge in [0.25, 0.3) is 10.0 Å². The van der Waals surface area contributed by atoms with Crippen LogP contribution < -0.4 is 4.72 Å². The molecule has 2 rings (SSSR count). The Morgan fingerprint density at radius 1 is 1.29 bits per heavy atom. The molecule has 21 heavy (non-hydrogen) atoms. The van der Waals surface area contributed by atoms with Crippen molar-refractivity contribution in [2.75, 3.05) is 4.72 Å². The van der Waals surface area contributed by atoms with Gasteiger partial charge >= 0.3 is 5.97 Å². The predicted molar refractivity (Wildman–Crippen MR) is 74.4 cm³/mol. The Labute approximate surface area is 120 Å². The lowest BCUT2D eigenvalue weighted by molar-refractivity contribution is 0.0692. The van der Waals surface area contributed by atoms with Gasteiger partial charge in [-0.1, -0.05) is 6.07 Å². The number of benzene rings is 1. The van der Waals surface area contributed by atoms with Crippen LogP contribution in [0.2, 0.25) is 0 Å². The van der Waals surface area contributed by atoms with Gasteiger partial charge in [-0.3, -0.25) is 4.72 Å². The van der Waals surface area contributed by atoms with Gasteiger partial charge in [-0.15, -0.1) is 0 Å². The highest BCUT2D eigenvalue weighted by atomic mass is 32.2. The Morgan fingerprint density at radius 3 is 2.57 bits per heavy atom. The molecule has 0 fully saturated rings. The third kappa shape index (κ3) is 3.05. The van der Waals surface area contributed by atoms with E-state index < -0.39 is 21.8 Å². The summed E-state index contributed by atoms with van der Waals surface area (Å²) in [5.41, 5.74) is 0.475. The van der Waals surface area contributed by atoms with E-state index in [0.717, 1.165) is 12.1 Å². The molecular formula is C13H13FN2O4S. The number of halogens is 1. The van der Waals surface area contributed by atoms with Crippen molar-refractivity contribution in [3.8, 4) is 0 Å². The topological polar surface area (TPSA) is 99.3 Å². The SMILES string of the molecule is Cc1cc(NS(=O)(=O)c2cc(F)ccc2C)c(C(=O)O)[nH]1. The summed E-state index contributed by atoms with van der Waals surface area (Å²) in [6.07, 6.45) is 0. The number of rotatable bonds is 4. The first kappa shape index (κ1) is 15.0. The lowest BCUT2D eigenvalue weighted by Gasteiger charge is -2.10. The summed E-state index contributed by atoms with van der Waals surface area (Å²) in [6, 6.07) is 4.73. The van der Waals surface area contributed by atoms with Gasteiger partial charge in [0.15, 0.2) is 0 Å². The third-order valence-corrected chi connectivity index (χ3v) is 4.36. The van der Waals surface area contributed by atoms with E-state index >= 15 is 0 Å². The first-order valence-electron chi connectivity index (χ1n) is 5.92. The predicted octanol–water partition coefficient (Wildman–Crippen LogP) is 2.27. The second-order valence-electron chi connectivity index (χ2n) is 4.56. The number of sulfonamides is 1. The summed E-state index contributed by atoms with van der Waals surface area (Å²) in [5.74, 6) is -1.98. The fraction of sp³-hybridized carbons (Fsp3) is 0.154. The van der Waals surface area contributed by atoms with Crippen LogP contribution >= 0.6 is 0 Å². The highest BCUT2D eigenvalue weighted by molar-refractivity contribution is 7.92. The van der Waals surface area contributed by atoms with Gasteiger partial charge in [-0.25, -0.2) is 17.6 Å². The minimum Gasteiger partial charge on any atom is -0.477 e. The van der Waals surface area contributed by atoms with Crippen molar-refractivity contribution in [2.24, 2.45) is 0 Å². The maximum Gasteiger partial charge on any atom is 0.354 e. The molecule has 1 heterocycles. The molecule has 0 saturated heterocycles. The molecular weight excluding hydrogens is 299 g/mol. The number of carboxylic acids is 1. The second kappa shape index (κ2) is 5.21. The normalized spacial score (nSPS) is 11.4. The summed E-state index contributed by atoms with van der Waals surface area (Å²) in [5, 5.41) is 9.02. The number of aromatic carboxylic acids is 1. The molecule has 0 aliphatic carbocycles. The van der Waals surface area contributed by atoms with Crippen LogP contribution in [0.15, 0.2) is 29.2 Å². The molecule has 0 atom stereocenters. The molecule has 0 amide bonds. The van der Waals surface area contributed by atoms with Crippen LogP contribution in [0.5, 0.6) is 0 Å². The zero-order valence-electron chi connectivity index (χ0n) is 11.3. The van der Waals surface area contributed by atoms with E-state index in [9.17, 15) is 17.6 Å². The van der Waals surface area contributed by atoms with Gasteiger partial charge in [0.2, 0.25) is 0 Å². The standard InChI is InChI=1S/C13H13FN2O4S/c1-7-3-4-9(14)6-11(7)21(19,20)16-10-5-8(2)15-12(10)13(17)18/h3-6,15-16H,1-2H3,(H,17,18). The Hall–Kier alpha value is -2.35. The molecule has 2 aromatic rings. The molecule has 0 unspecified atom stereocenters. The van der Waals surface area contributed by atoms with E-state index in [1.54, 1.807) is 6.92 Å². The number of carbonyl (C=O) groups is 1. The fourth-order valence-electron chi connectivity index (χ4n) is 1.90. The van der Waals surface area contributed by atoms with Crippen molar-refractivity contribution < 1.29 is 22.7 Å². The van der Waals surface area contributed by atoms with Crippen LogP contribution in [0.3, 0.4) is 0 Å². The molecule has 112 valence electrons. The van der Waals surface area contributed by atoms with E-state index in [2.05, 4.69) is 9.71 Å². The maximum atomic E-state index is 13.2. The van der Waals surface area contributed by atoms with Gasteiger partial charge in [0.05, 0.1) is 10.6 Å². The van der Waals surface area contributed by atoms with Crippen molar-refractivity contribution in [1.29, 1.82) is 0 Å². The first-order chi connectivity index (χ1) is 9.70. The van der Waals surface area contributed by atoms with Crippen LogP contribution in [-0.4, -0.2) is 24.5 Å². The summed E-state index contributed by atoms with van der Waals surface area (Å²) >= 11 is 0. The lowest BCUT2D eigenvalue weighted by atomic mass is 10.2. The molecule has 8 heteroatoms. The highest BCUT2D eigenvalue weighted by Gasteiger charge is 2.22. The van der Waals surface area contributed by atoms with Gasteiger partial charge in [0, 0.05) is 5.69 Å². The van der Waals surface area contributed by atoms with Crippen molar-refractivity contribution in [3.05, 3.63) is 47.0 Å². The van der Waals surface area contributed by atoms with Crippen LogP contribution in [0.4, 0.5) is 10.1 Å². The summed E-state index contributed by atoms with van der Waals surface area (Å²) in [6.45, 7) is 3.12. The molecule has 0 aliphatic heterocycles. The van der Waals surface area contributed by atoms with Crippen molar-refractivity contribution in [2.45, 2.75) is 18.7 Å². The molecule has 0 saturated carbocycles. The zero-order valence-corrected chi connectivity index (χ0v) is 12.1. The Kier molecular flexibility index (Phi) is 3.73. The van der Waals surface area contributed by atoms with Crippen LogP contribution in [0.1, 0.15) is 21.7 Å². The van der Waals surface area contributed by atoms with E-state index in [1.807, 2.05) is 0 Å². The fourth-order valence-corrected chi connectivity index (χ4v) is 3.22. The molecule has 3 N–H and O–H groups in total. The van der Waals surface area contributed by atoms with Gasteiger partial charge < -0.3 is 10.1 Å². The minimum atomic E-state index is -4.08. The van der Waals surface area contributed by atoms with Crippen molar-refractivity contribution >= 4 is 21.7 Å².